The Hall–Kier alpha value is -2.87. The SMILES string of the molecule is Cc1ccccc1CN(C(=O)CCCN(c1ccccc1)S(C)(=O)=O)C(C)C(=O)NC(C)C. The molecule has 0 fully saturated rings. The maximum absolute atomic E-state index is 13.2. The monoisotopic (exact) mass is 473 g/mol. The van der Waals surface area contributed by atoms with Gasteiger partial charge in [0.25, 0.3) is 0 Å². The molecule has 0 aliphatic heterocycles. The molecule has 0 aliphatic carbocycles. The Morgan fingerprint density at radius 3 is 2.15 bits per heavy atom. The summed E-state index contributed by atoms with van der Waals surface area (Å²) in [5.41, 5.74) is 2.57. The van der Waals surface area contributed by atoms with E-state index in [9.17, 15) is 18.0 Å². The van der Waals surface area contributed by atoms with E-state index in [1.54, 1.807) is 36.1 Å². The summed E-state index contributed by atoms with van der Waals surface area (Å²) in [5, 5.41) is 2.87. The number of sulfonamides is 1. The summed E-state index contributed by atoms with van der Waals surface area (Å²) in [6, 6.07) is 15.9. The number of nitrogens with one attached hydrogen (secondary N) is 1. The first kappa shape index (κ1) is 26.4. The molecule has 0 heterocycles. The van der Waals surface area contributed by atoms with Crippen molar-refractivity contribution in [2.24, 2.45) is 0 Å². The first-order valence-electron chi connectivity index (χ1n) is 11.2. The van der Waals surface area contributed by atoms with Crippen LogP contribution in [0.1, 0.15) is 44.7 Å². The maximum atomic E-state index is 13.2. The average molecular weight is 474 g/mol. The van der Waals surface area contributed by atoms with E-state index in [4.69, 9.17) is 0 Å². The number of benzene rings is 2. The molecule has 7 nitrogen and oxygen atoms in total. The molecular weight excluding hydrogens is 438 g/mol. The van der Waals surface area contributed by atoms with Crippen LogP contribution in [0.3, 0.4) is 0 Å². The van der Waals surface area contributed by atoms with E-state index in [0.717, 1.165) is 17.4 Å². The third kappa shape index (κ3) is 7.89. The van der Waals surface area contributed by atoms with Crippen molar-refractivity contribution >= 4 is 27.5 Å². The summed E-state index contributed by atoms with van der Waals surface area (Å²) in [6.45, 7) is 7.94. The summed E-state index contributed by atoms with van der Waals surface area (Å²) in [4.78, 5) is 27.5. The van der Waals surface area contributed by atoms with Gasteiger partial charge in [-0.15, -0.1) is 0 Å². The van der Waals surface area contributed by atoms with Crippen molar-refractivity contribution in [3.8, 4) is 0 Å². The minimum atomic E-state index is -3.49. The molecule has 0 saturated heterocycles. The van der Waals surface area contributed by atoms with Crippen molar-refractivity contribution in [1.82, 2.24) is 10.2 Å². The fourth-order valence-corrected chi connectivity index (χ4v) is 4.52. The number of rotatable bonds is 11. The number of aryl methyl sites for hydroxylation is 1. The number of carbonyl (C=O) groups is 2. The minimum absolute atomic E-state index is 0.0374. The highest BCUT2D eigenvalue weighted by atomic mass is 32.2. The van der Waals surface area contributed by atoms with Crippen LogP contribution < -0.4 is 9.62 Å². The van der Waals surface area contributed by atoms with E-state index in [1.165, 1.54) is 4.31 Å². The van der Waals surface area contributed by atoms with E-state index in [-0.39, 0.29) is 30.8 Å². The molecule has 0 aromatic heterocycles. The minimum Gasteiger partial charge on any atom is -0.352 e. The van der Waals surface area contributed by atoms with Crippen LogP contribution in [0, 0.1) is 6.92 Å². The molecule has 0 aliphatic rings. The third-order valence-electron chi connectivity index (χ3n) is 5.40. The summed E-state index contributed by atoms with van der Waals surface area (Å²) in [6.07, 6.45) is 1.62. The van der Waals surface area contributed by atoms with Crippen LogP contribution in [0.25, 0.3) is 0 Å². The largest absolute Gasteiger partial charge is 0.352 e. The highest BCUT2D eigenvalue weighted by molar-refractivity contribution is 7.92. The number of nitrogens with zero attached hydrogens (tertiary/aromatic N) is 2. The Labute approximate surface area is 197 Å². The Morgan fingerprint density at radius 2 is 1.58 bits per heavy atom. The number of anilines is 1. The Morgan fingerprint density at radius 1 is 0.970 bits per heavy atom. The number of carbonyl (C=O) groups excluding carboxylic acids is 2. The molecule has 0 saturated carbocycles. The lowest BCUT2D eigenvalue weighted by atomic mass is 10.1. The molecule has 180 valence electrons. The summed E-state index contributed by atoms with van der Waals surface area (Å²) in [7, 11) is -3.49. The van der Waals surface area contributed by atoms with E-state index < -0.39 is 16.1 Å². The molecule has 2 aromatic carbocycles. The lowest BCUT2D eigenvalue weighted by Crippen LogP contribution is -2.49. The van der Waals surface area contributed by atoms with Crippen LogP contribution in [0.4, 0.5) is 5.69 Å². The van der Waals surface area contributed by atoms with Crippen LogP contribution in [0.15, 0.2) is 54.6 Å². The molecule has 2 rings (SSSR count). The van der Waals surface area contributed by atoms with Crippen LogP contribution in [-0.2, 0) is 26.2 Å². The van der Waals surface area contributed by atoms with Gasteiger partial charge in [0.2, 0.25) is 21.8 Å². The average Bonchev–Trinajstić information content (AvgIpc) is 2.74. The maximum Gasteiger partial charge on any atom is 0.242 e. The van der Waals surface area contributed by atoms with Crippen LogP contribution in [0.2, 0.25) is 0 Å². The van der Waals surface area contributed by atoms with Crippen molar-refractivity contribution in [2.75, 3.05) is 17.1 Å². The molecule has 1 atom stereocenters. The first-order valence-corrected chi connectivity index (χ1v) is 13.0. The van der Waals surface area contributed by atoms with Crippen molar-refractivity contribution in [2.45, 2.75) is 59.2 Å². The van der Waals surface area contributed by atoms with Gasteiger partial charge in [0.1, 0.15) is 6.04 Å². The van der Waals surface area contributed by atoms with Gasteiger partial charge in [-0.3, -0.25) is 13.9 Å². The lowest BCUT2D eigenvalue weighted by Gasteiger charge is -2.30. The standard InChI is InChI=1S/C25H35N3O4S/c1-19(2)26-25(30)21(4)27(18-22-13-10-9-12-20(22)3)24(29)16-11-17-28(33(5,31)32)23-14-7-6-8-15-23/h6-10,12-15,19,21H,11,16-18H2,1-5H3,(H,26,30). The van der Waals surface area contributed by atoms with Gasteiger partial charge in [-0.25, -0.2) is 8.42 Å². The number of amides is 2. The summed E-state index contributed by atoms with van der Waals surface area (Å²) < 4.78 is 25.9. The van der Waals surface area contributed by atoms with E-state index in [2.05, 4.69) is 5.32 Å². The fraction of sp³-hybridized carbons (Fsp3) is 0.440. The second-order valence-corrected chi connectivity index (χ2v) is 10.5. The zero-order valence-electron chi connectivity index (χ0n) is 20.1. The highest BCUT2D eigenvalue weighted by Gasteiger charge is 2.27. The zero-order chi connectivity index (χ0) is 24.6. The van der Waals surface area contributed by atoms with Crippen LogP contribution in [0.5, 0.6) is 0 Å². The third-order valence-corrected chi connectivity index (χ3v) is 6.59. The van der Waals surface area contributed by atoms with Gasteiger partial charge in [0.05, 0.1) is 11.9 Å². The Bertz CT molecular complexity index is 1040. The second-order valence-electron chi connectivity index (χ2n) is 8.56. The molecule has 33 heavy (non-hydrogen) atoms. The first-order chi connectivity index (χ1) is 15.5. The van der Waals surface area contributed by atoms with Gasteiger partial charge < -0.3 is 10.2 Å². The molecule has 0 bridgehead atoms. The molecule has 1 N–H and O–H groups in total. The predicted molar refractivity (Wildman–Crippen MR) is 132 cm³/mol. The van der Waals surface area contributed by atoms with Gasteiger partial charge in [0, 0.05) is 25.6 Å². The molecule has 2 amide bonds. The van der Waals surface area contributed by atoms with Crippen LogP contribution in [-0.4, -0.2) is 50.0 Å². The number of hydrogen-bond donors (Lipinski definition) is 1. The van der Waals surface area contributed by atoms with Gasteiger partial charge in [-0.05, 0) is 57.4 Å². The zero-order valence-corrected chi connectivity index (χ0v) is 20.9. The highest BCUT2D eigenvalue weighted by Crippen LogP contribution is 2.19. The van der Waals surface area contributed by atoms with E-state index in [0.29, 0.717) is 18.7 Å². The summed E-state index contributed by atoms with van der Waals surface area (Å²) in [5.74, 6) is -0.403. The Kier molecular flexibility index (Phi) is 9.46. The lowest BCUT2D eigenvalue weighted by molar-refractivity contribution is -0.140. The Balaban J connectivity index is 2.16. The fourth-order valence-electron chi connectivity index (χ4n) is 3.56. The molecule has 0 radical (unpaired) electrons. The molecule has 1 unspecified atom stereocenters. The molecule has 2 aromatic rings. The smallest absolute Gasteiger partial charge is 0.242 e. The van der Waals surface area contributed by atoms with Crippen LogP contribution >= 0.6 is 0 Å². The number of para-hydroxylation sites is 1. The van der Waals surface area contributed by atoms with Crippen molar-refractivity contribution in [3.63, 3.8) is 0 Å². The van der Waals surface area contributed by atoms with Gasteiger partial charge in [-0.2, -0.15) is 0 Å². The second kappa shape index (κ2) is 11.8. The van der Waals surface area contributed by atoms with E-state index >= 15 is 0 Å². The normalized spacial score (nSPS) is 12.3. The molecule has 0 spiro atoms. The van der Waals surface area contributed by atoms with E-state index in [1.807, 2.05) is 51.1 Å². The predicted octanol–water partition coefficient (Wildman–Crippen LogP) is 3.48. The topological polar surface area (TPSA) is 86.8 Å². The quantitative estimate of drug-likeness (QED) is 0.541. The van der Waals surface area contributed by atoms with Gasteiger partial charge in [-0.1, -0.05) is 42.5 Å². The molecular formula is C25H35N3O4S. The van der Waals surface area contributed by atoms with Crippen molar-refractivity contribution < 1.29 is 18.0 Å². The van der Waals surface area contributed by atoms with Gasteiger partial charge in [0.15, 0.2) is 0 Å². The summed E-state index contributed by atoms with van der Waals surface area (Å²) >= 11 is 0. The molecule has 8 heteroatoms. The van der Waals surface area contributed by atoms with Crippen molar-refractivity contribution in [1.29, 1.82) is 0 Å². The van der Waals surface area contributed by atoms with Gasteiger partial charge >= 0.3 is 0 Å². The van der Waals surface area contributed by atoms with Crippen molar-refractivity contribution in [3.05, 3.63) is 65.7 Å². The number of hydrogen-bond acceptors (Lipinski definition) is 4.